The second-order valence-electron chi connectivity index (χ2n) is 7.81. The number of fused-ring (bicyclic) bond motifs is 4. The lowest BCUT2D eigenvalue weighted by Crippen LogP contribution is -2.35. The zero-order chi connectivity index (χ0) is 21.5. The van der Waals surface area contributed by atoms with E-state index in [4.69, 9.17) is 0 Å². The van der Waals surface area contributed by atoms with Gasteiger partial charge in [-0.05, 0) is 64.4 Å². The first-order valence-electron chi connectivity index (χ1n) is 10.5. The molecule has 6 rings (SSSR count). The Labute approximate surface area is 183 Å². The summed E-state index contributed by atoms with van der Waals surface area (Å²) in [6, 6.07) is 23.4. The van der Waals surface area contributed by atoms with E-state index in [1.54, 1.807) is 4.52 Å². The summed E-state index contributed by atoms with van der Waals surface area (Å²) in [4.78, 5) is 19.6. The number of carbonyl (C=O) groups excluding carboxylic acids is 1. The van der Waals surface area contributed by atoms with Crippen molar-refractivity contribution in [2.75, 3.05) is 11.9 Å². The number of aromatic nitrogens is 5. The molecule has 3 aromatic carbocycles. The van der Waals surface area contributed by atoms with E-state index in [-0.39, 0.29) is 5.91 Å². The van der Waals surface area contributed by atoms with Gasteiger partial charge in [0.15, 0.2) is 5.82 Å². The smallest absolute Gasteiger partial charge is 0.254 e. The molecular formula is C24H19N7O. The summed E-state index contributed by atoms with van der Waals surface area (Å²) in [6.45, 7) is 1.38. The Balaban J connectivity index is 1.25. The highest BCUT2D eigenvalue weighted by molar-refractivity contribution is 5.95. The van der Waals surface area contributed by atoms with E-state index in [1.165, 1.54) is 11.1 Å². The highest BCUT2D eigenvalue weighted by atomic mass is 16.2. The van der Waals surface area contributed by atoms with Gasteiger partial charge in [-0.3, -0.25) is 4.79 Å². The quantitative estimate of drug-likeness (QED) is 0.479. The highest BCUT2D eigenvalue weighted by Crippen LogP contribution is 2.24. The molecule has 3 heterocycles. The van der Waals surface area contributed by atoms with Crippen LogP contribution < -0.4 is 5.32 Å². The van der Waals surface area contributed by atoms with Gasteiger partial charge in [-0.25, -0.2) is 4.98 Å². The van der Waals surface area contributed by atoms with Gasteiger partial charge in [0.25, 0.3) is 5.91 Å². The molecule has 0 aliphatic carbocycles. The van der Waals surface area contributed by atoms with Crippen molar-refractivity contribution < 1.29 is 4.79 Å². The lowest BCUT2D eigenvalue weighted by atomic mass is 9.99. The van der Waals surface area contributed by atoms with Crippen molar-refractivity contribution in [1.29, 1.82) is 0 Å². The number of benzene rings is 3. The predicted molar refractivity (Wildman–Crippen MR) is 121 cm³/mol. The van der Waals surface area contributed by atoms with Gasteiger partial charge in [0, 0.05) is 24.3 Å². The van der Waals surface area contributed by atoms with Gasteiger partial charge in [0.2, 0.25) is 5.65 Å². The number of hydrogen-bond acceptors (Lipinski definition) is 6. The van der Waals surface area contributed by atoms with Gasteiger partial charge in [-0.15, -0.1) is 5.10 Å². The maximum atomic E-state index is 13.0. The number of tetrazole rings is 1. The van der Waals surface area contributed by atoms with E-state index >= 15 is 0 Å². The van der Waals surface area contributed by atoms with Crippen molar-refractivity contribution in [3.63, 3.8) is 0 Å². The Hall–Kier alpha value is -4.33. The molecule has 0 fully saturated rings. The third kappa shape index (κ3) is 3.13. The maximum absolute atomic E-state index is 13.0. The van der Waals surface area contributed by atoms with Crippen molar-refractivity contribution in [3.8, 4) is 0 Å². The van der Waals surface area contributed by atoms with Crippen LogP contribution in [0.25, 0.3) is 16.7 Å². The number of anilines is 2. The summed E-state index contributed by atoms with van der Waals surface area (Å²) in [7, 11) is 0. The Kier molecular flexibility index (Phi) is 4.28. The van der Waals surface area contributed by atoms with Gasteiger partial charge >= 0.3 is 0 Å². The first-order chi connectivity index (χ1) is 15.8. The zero-order valence-corrected chi connectivity index (χ0v) is 17.1. The van der Waals surface area contributed by atoms with E-state index < -0.39 is 0 Å². The first kappa shape index (κ1) is 18.4. The van der Waals surface area contributed by atoms with E-state index in [9.17, 15) is 4.79 Å². The molecule has 156 valence electrons. The molecule has 8 heteroatoms. The maximum Gasteiger partial charge on any atom is 0.254 e. The van der Waals surface area contributed by atoms with E-state index in [2.05, 4.69) is 44.0 Å². The molecule has 0 spiro atoms. The van der Waals surface area contributed by atoms with Crippen molar-refractivity contribution in [2.24, 2.45) is 0 Å². The Morgan fingerprint density at radius 1 is 0.906 bits per heavy atom. The van der Waals surface area contributed by atoms with Gasteiger partial charge in [0.1, 0.15) is 0 Å². The van der Waals surface area contributed by atoms with Crippen LogP contribution in [0.2, 0.25) is 0 Å². The summed E-state index contributed by atoms with van der Waals surface area (Å²) in [5.41, 5.74) is 6.17. The fraction of sp³-hybridized carbons (Fsp3) is 0.125. The number of para-hydroxylation sites is 2. The second kappa shape index (κ2) is 7.42. The van der Waals surface area contributed by atoms with Crippen LogP contribution in [-0.4, -0.2) is 42.4 Å². The predicted octanol–water partition coefficient (Wildman–Crippen LogP) is 3.61. The Morgan fingerprint density at radius 3 is 2.56 bits per heavy atom. The third-order valence-corrected chi connectivity index (χ3v) is 5.84. The molecule has 2 aromatic heterocycles. The van der Waals surface area contributed by atoms with E-state index in [0.29, 0.717) is 23.6 Å². The topological polar surface area (TPSA) is 88.3 Å². The van der Waals surface area contributed by atoms with Gasteiger partial charge in [-0.2, -0.15) is 4.52 Å². The first-order valence-corrected chi connectivity index (χ1v) is 10.5. The zero-order valence-electron chi connectivity index (χ0n) is 17.1. The fourth-order valence-electron chi connectivity index (χ4n) is 4.17. The number of rotatable bonds is 3. The normalized spacial score (nSPS) is 13.3. The molecule has 1 aliphatic heterocycles. The fourth-order valence-corrected chi connectivity index (χ4v) is 4.17. The molecule has 32 heavy (non-hydrogen) atoms. The summed E-state index contributed by atoms with van der Waals surface area (Å²) in [5.74, 6) is 0.597. The van der Waals surface area contributed by atoms with Gasteiger partial charge < -0.3 is 10.2 Å². The molecule has 0 unspecified atom stereocenters. The summed E-state index contributed by atoms with van der Waals surface area (Å²) in [6.07, 6.45) is 0.886. The van der Waals surface area contributed by atoms with Crippen LogP contribution >= 0.6 is 0 Å². The third-order valence-electron chi connectivity index (χ3n) is 5.84. The highest BCUT2D eigenvalue weighted by Gasteiger charge is 2.21. The molecule has 1 N–H and O–H groups in total. The van der Waals surface area contributed by atoms with Crippen LogP contribution in [0, 0.1) is 0 Å². The van der Waals surface area contributed by atoms with Crippen molar-refractivity contribution in [2.45, 2.75) is 13.0 Å². The molecule has 0 saturated carbocycles. The molecule has 0 radical (unpaired) electrons. The van der Waals surface area contributed by atoms with Crippen LogP contribution in [-0.2, 0) is 13.0 Å². The molecule has 1 amide bonds. The summed E-state index contributed by atoms with van der Waals surface area (Å²) < 4.78 is 1.66. The van der Waals surface area contributed by atoms with E-state index in [0.717, 1.165) is 29.7 Å². The second-order valence-corrected chi connectivity index (χ2v) is 7.81. The van der Waals surface area contributed by atoms with Gasteiger partial charge in [-0.1, -0.05) is 36.4 Å². The number of carbonyl (C=O) groups is 1. The Morgan fingerprint density at radius 2 is 1.69 bits per heavy atom. The van der Waals surface area contributed by atoms with E-state index in [1.807, 2.05) is 59.5 Å². The molecule has 1 aliphatic rings. The average Bonchev–Trinajstić information content (AvgIpc) is 3.35. The lowest BCUT2D eigenvalue weighted by molar-refractivity contribution is 0.0735. The monoisotopic (exact) mass is 421 g/mol. The van der Waals surface area contributed by atoms with Crippen molar-refractivity contribution in [3.05, 3.63) is 89.5 Å². The Bertz CT molecular complexity index is 1460. The summed E-state index contributed by atoms with van der Waals surface area (Å²) >= 11 is 0. The largest absolute Gasteiger partial charge is 0.337 e. The van der Waals surface area contributed by atoms with Crippen LogP contribution in [0.1, 0.15) is 21.5 Å². The number of amides is 1. The van der Waals surface area contributed by atoms with Crippen LogP contribution in [0.5, 0.6) is 0 Å². The van der Waals surface area contributed by atoms with Crippen LogP contribution in [0.4, 0.5) is 11.5 Å². The number of hydrogen-bond donors (Lipinski definition) is 1. The standard InChI is InChI=1S/C24H19N7O/c32-24(30-14-13-16-5-1-2-6-18(16)15-30)17-9-11-19(12-10-17)25-22-23-27-28-29-31(23)21-8-4-3-7-20(21)26-22/h1-12H,13-15H2,(H,25,26). The van der Waals surface area contributed by atoms with Crippen molar-refractivity contribution >= 4 is 34.1 Å². The molecule has 8 nitrogen and oxygen atoms in total. The minimum Gasteiger partial charge on any atom is -0.337 e. The summed E-state index contributed by atoms with van der Waals surface area (Å²) in [5, 5.41) is 15.3. The minimum absolute atomic E-state index is 0.0407. The molecule has 0 atom stereocenters. The lowest BCUT2D eigenvalue weighted by Gasteiger charge is -2.29. The SMILES string of the molecule is O=C(c1ccc(Nc2nc3ccccc3n3nnnc23)cc1)N1CCc2ccccc2C1. The minimum atomic E-state index is 0.0407. The number of nitrogens with one attached hydrogen (secondary N) is 1. The van der Waals surface area contributed by atoms with Gasteiger partial charge in [0.05, 0.1) is 11.0 Å². The molecule has 0 saturated heterocycles. The average molecular weight is 421 g/mol. The van der Waals surface area contributed by atoms with Crippen LogP contribution in [0.3, 0.4) is 0 Å². The van der Waals surface area contributed by atoms with Crippen LogP contribution in [0.15, 0.2) is 72.8 Å². The van der Waals surface area contributed by atoms with Crippen molar-refractivity contribution in [1.82, 2.24) is 29.9 Å². The molecule has 0 bridgehead atoms. The molecule has 5 aromatic rings. The number of nitrogens with zero attached hydrogens (tertiary/aromatic N) is 6. The molecular weight excluding hydrogens is 402 g/mol.